The Labute approximate surface area is 130 Å². The van der Waals surface area contributed by atoms with Crippen LogP contribution >= 0.6 is 0 Å². The zero-order chi connectivity index (χ0) is 15.8. The first kappa shape index (κ1) is 15.8. The molecule has 2 rings (SSSR count). The average Bonchev–Trinajstić information content (AvgIpc) is 2.54. The SMILES string of the molecule is C=CCOc1cccc(/C=N/NS(=O)(=O)c2ccccc2)c1. The lowest BCUT2D eigenvalue weighted by Crippen LogP contribution is -2.18. The highest BCUT2D eigenvalue weighted by atomic mass is 32.2. The Kier molecular flexibility index (Phi) is 5.32. The number of nitrogens with one attached hydrogen (secondary N) is 1. The molecule has 0 bridgehead atoms. The smallest absolute Gasteiger partial charge is 0.276 e. The van der Waals surface area contributed by atoms with Crippen LogP contribution in [-0.4, -0.2) is 21.2 Å². The molecule has 2 aromatic rings. The second kappa shape index (κ2) is 7.42. The van der Waals surface area contributed by atoms with Crippen molar-refractivity contribution in [3.05, 3.63) is 72.8 Å². The fourth-order valence-electron chi connectivity index (χ4n) is 1.66. The lowest BCUT2D eigenvalue weighted by atomic mass is 10.2. The van der Waals surface area contributed by atoms with Crippen LogP contribution in [-0.2, 0) is 10.0 Å². The van der Waals surface area contributed by atoms with E-state index in [-0.39, 0.29) is 4.90 Å². The molecule has 0 aliphatic carbocycles. The largest absolute Gasteiger partial charge is 0.490 e. The van der Waals surface area contributed by atoms with Gasteiger partial charge in [0.05, 0.1) is 11.1 Å². The molecule has 114 valence electrons. The minimum absolute atomic E-state index is 0.162. The summed E-state index contributed by atoms with van der Waals surface area (Å²) in [4.78, 5) is 2.33. The molecule has 0 fully saturated rings. The van der Waals surface area contributed by atoms with Gasteiger partial charge in [0.2, 0.25) is 0 Å². The van der Waals surface area contributed by atoms with Crippen LogP contribution in [0.15, 0.2) is 77.2 Å². The van der Waals surface area contributed by atoms with Gasteiger partial charge in [0, 0.05) is 0 Å². The molecule has 0 heterocycles. The van der Waals surface area contributed by atoms with Gasteiger partial charge in [-0.2, -0.15) is 13.5 Å². The molecule has 5 nitrogen and oxygen atoms in total. The highest BCUT2D eigenvalue weighted by molar-refractivity contribution is 7.89. The van der Waals surface area contributed by atoms with Gasteiger partial charge >= 0.3 is 0 Å². The summed E-state index contributed by atoms with van der Waals surface area (Å²) in [6, 6.07) is 15.2. The Morgan fingerprint density at radius 2 is 1.91 bits per heavy atom. The fourth-order valence-corrected chi connectivity index (χ4v) is 2.47. The predicted octanol–water partition coefficient (Wildman–Crippen LogP) is 2.56. The van der Waals surface area contributed by atoms with Crippen LogP contribution < -0.4 is 9.57 Å². The second-order valence-electron chi connectivity index (χ2n) is 4.34. The number of hydrogen-bond acceptors (Lipinski definition) is 4. The Morgan fingerprint density at radius 1 is 1.14 bits per heavy atom. The normalized spacial score (nSPS) is 11.3. The number of ether oxygens (including phenoxy) is 1. The van der Waals surface area contributed by atoms with Gasteiger partial charge in [0.15, 0.2) is 0 Å². The van der Waals surface area contributed by atoms with Gasteiger partial charge < -0.3 is 4.74 Å². The highest BCUT2D eigenvalue weighted by Gasteiger charge is 2.10. The molecule has 2 aromatic carbocycles. The average molecular weight is 316 g/mol. The number of hydrogen-bond donors (Lipinski definition) is 1. The Balaban J connectivity index is 2.05. The summed E-state index contributed by atoms with van der Waals surface area (Å²) in [5.74, 6) is 0.662. The third-order valence-corrected chi connectivity index (χ3v) is 3.90. The molecule has 6 heteroatoms. The molecule has 0 saturated carbocycles. The van der Waals surface area contributed by atoms with Crippen molar-refractivity contribution in [1.29, 1.82) is 0 Å². The quantitative estimate of drug-likeness (QED) is 0.485. The van der Waals surface area contributed by atoms with Gasteiger partial charge in [0.25, 0.3) is 10.0 Å². The molecule has 1 N–H and O–H groups in total. The fraction of sp³-hybridized carbons (Fsp3) is 0.0625. The van der Waals surface area contributed by atoms with Crippen LogP contribution in [0.5, 0.6) is 5.75 Å². The van der Waals surface area contributed by atoms with Crippen LogP contribution in [0.3, 0.4) is 0 Å². The van der Waals surface area contributed by atoms with E-state index in [1.54, 1.807) is 48.5 Å². The Hall–Kier alpha value is -2.60. The predicted molar refractivity (Wildman–Crippen MR) is 86.5 cm³/mol. The molecule has 0 aliphatic rings. The number of benzene rings is 2. The van der Waals surface area contributed by atoms with Crippen LogP contribution in [0.2, 0.25) is 0 Å². The third-order valence-electron chi connectivity index (χ3n) is 2.67. The minimum Gasteiger partial charge on any atom is -0.490 e. The lowest BCUT2D eigenvalue weighted by Gasteiger charge is -2.04. The Morgan fingerprint density at radius 3 is 2.64 bits per heavy atom. The van der Waals surface area contributed by atoms with Crippen LogP contribution in [0.25, 0.3) is 0 Å². The topological polar surface area (TPSA) is 67.8 Å². The molecule has 0 spiro atoms. The van der Waals surface area contributed by atoms with Crippen LogP contribution in [0, 0.1) is 0 Å². The van der Waals surface area contributed by atoms with Crippen molar-refractivity contribution in [1.82, 2.24) is 4.83 Å². The first-order valence-electron chi connectivity index (χ1n) is 6.55. The summed E-state index contributed by atoms with van der Waals surface area (Å²) in [6.07, 6.45) is 3.07. The van der Waals surface area contributed by atoms with E-state index in [2.05, 4.69) is 16.5 Å². The zero-order valence-electron chi connectivity index (χ0n) is 11.8. The lowest BCUT2D eigenvalue weighted by molar-refractivity contribution is 0.363. The van der Waals surface area contributed by atoms with Crippen molar-refractivity contribution < 1.29 is 13.2 Å². The van der Waals surface area contributed by atoms with Crippen LogP contribution in [0.4, 0.5) is 0 Å². The summed E-state index contributed by atoms with van der Waals surface area (Å²) in [6.45, 7) is 3.98. The van der Waals surface area contributed by atoms with Gasteiger partial charge in [-0.15, -0.1) is 0 Å². The van der Waals surface area contributed by atoms with Crippen molar-refractivity contribution in [2.24, 2.45) is 5.10 Å². The van der Waals surface area contributed by atoms with Crippen LogP contribution in [0.1, 0.15) is 5.56 Å². The van der Waals surface area contributed by atoms with Crippen molar-refractivity contribution in [2.45, 2.75) is 4.90 Å². The van der Waals surface area contributed by atoms with Gasteiger partial charge in [-0.05, 0) is 29.8 Å². The molecule has 0 saturated heterocycles. The molecule has 0 atom stereocenters. The molecular weight excluding hydrogens is 300 g/mol. The maximum atomic E-state index is 12.0. The van der Waals surface area contributed by atoms with Gasteiger partial charge in [-0.3, -0.25) is 0 Å². The van der Waals surface area contributed by atoms with Crippen molar-refractivity contribution in [3.63, 3.8) is 0 Å². The van der Waals surface area contributed by atoms with E-state index >= 15 is 0 Å². The maximum absolute atomic E-state index is 12.0. The molecule has 0 radical (unpaired) electrons. The first-order valence-corrected chi connectivity index (χ1v) is 8.04. The standard InChI is InChI=1S/C16H16N2O3S/c1-2-11-21-15-8-6-7-14(12-15)13-17-18-22(19,20)16-9-4-3-5-10-16/h2-10,12-13,18H,1,11H2/b17-13+. The molecule has 0 aliphatic heterocycles. The molecule has 0 aromatic heterocycles. The van der Waals surface area contributed by atoms with Gasteiger partial charge in [-0.1, -0.05) is 43.0 Å². The van der Waals surface area contributed by atoms with Crippen molar-refractivity contribution in [3.8, 4) is 5.75 Å². The summed E-state index contributed by atoms with van der Waals surface area (Å²) < 4.78 is 29.3. The van der Waals surface area contributed by atoms with E-state index in [0.717, 1.165) is 5.56 Å². The van der Waals surface area contributed by atoms with E-state index in [0.29, 0.717) is 12.4 Å². The summed E-state index contributed by atoms with van der Waals surface area (Å²) >= 11 is 0. The number of rotatable bonds is 7. The van der Waals surface area contributed by atoms with E-state index in [1.807, 2.05) is 0 Å². The maximum Gasteiger partial charge on any atom is 0.276 e. The third kappa shape index (κ3) is 4.46. The number of sulfonamides is 1. The van der Waals surface area contributed by atoms with E-state index in [1.165, 1.54) is 18.3 Å². The second-order valence-corrected chi connectivity index (χ2v) is 6.00. The van der Waals surface area contributed by atoms with E-state index in [9.17, 15) is 8.42 Å². The summed E-state index contributed by atoms with van der Waals surface area (Å²) in [5.41, 5.74) is 0.720. The summed E-state index contributed by atoms with van der Waals surface area (Å²) in [5, 5.41) is 3.77. The van der Waals surface area contributed by atoms with Gasteiger partial charge in [0.1, 0.15) is 12.4 Å². The molecule has 0 unspecified atom stereocenters. The summed E-state index contributed by atoms with van der Waals surface area (Å²) in [7, 11) is -3.65. The zero-order valence-corrected chi connectivity index (χ0v) is 12.7. The van der Waals surface area contributed by atoms with Crippen molar-refractivity contribution >= 4 is 16.2 Å². The highest BCUT2D eigenvalue weighted by Crippen LogP contribution is 2.12. The Bertz CT molecular complexity index is 756. The minimum atomic E-state index is -3.65. The molecular formula is C16H16N2O3S. The van der Waals surface area contributed by atoms with Gasteiger partial charge in [-0.25, -0.2) is 4.83 Å². The first-order chi connectivity index (χ1) is 10.6. The van der Waals surface area contributed by atoms with Crippen molar-refractivity contribution in [2.75, 3.05) is 6.61 Å². The van der Waals surface area contributed by atoms with E-state index < -0.39 is 10.0 Å². The monoisotopic (exact) mass is 316 g/mol. The molecule has 22 heavy (non-hydrogen) atoms. The molecule has 0 amide bonds. The number of nitrogens with zero attached hydrogens (tertiary/aromatic N) is 1. The number of hydrazone groups is 1. The van der Waals surface area contributed by atoms with E-state index in [4.69, 9.17) is 4.74 Å².